The number of rotatable bonds is 6. The molecule has 0 aliphatic rings. The Morgan fingerprint density at radius 1 is 0.520 bits per heavy atom. The molecule has 0 amide bonds. The molecule has 0 aromatic carbocycles. The van der Waals surface area contributed by atoms with Crippen LogP contribution in [0.25, 0.3) is 0 Å². The van der Waals surface area contributed by atoms with Crippen LogP contribution in [0.15, 0.2) is 0 Å². The molecule has 7 heteroatoms. The van der Waals surface area contributed by atoms with Crippen molar-refractivity contribution in [3.63, 3.8) is 0 Å². The zero-order chi connectivity index (χ0) is 20.4. The first-order valence-electron chi connectivity index (χ1n) is 9.64. The third-order valence-electron chi connectivity index (χ3n) is 3.95. The summed E-state index contributed by atoms with van der Waals surface area (Å²) in [5, 5.41) is 16.1. The molecule has 0 aliphatic heterocycles. The maximum Gasteiger partial charge on any atom is 0.187 e. The van der Waals surface area contributed by atoms with E-state index in [1.807, 2.05) is 0 Å². The van der Waals surface area contributed by atoms with Crippen molar-refractivity contribution in [2.24, 2.45) is 0 Å². The van der Waals surface area contributed by atoms with Gasteiger partial charge >= 0.3 is 0 Å². The second kappa shape index (κ2) is 23.0. The summed E-state index contributed by atoms with van der Waals surface area (Å²) in [6.07, 6.45) is -0.333. The Labute approximate surface area is 175 Å². The van der Waals surface area contributed by atoms with Gasteiger partial charge in [-0.1, -0.05) is 41.5 Å². The Bertz CT molecular complexity index is 189. The van der Waals surface area contributed by atoms with Gasteiger partial charge < -0.3 is 19.8 Å². The minimum absolute atomic E-state index is 0. The van der Waals surface area contributed by atoms with Gasteiger partial charge in [0.1, 0.15) is 0 Å². The molecule has 0 rings (SSSR count). The normalized spacial score (nSPS) is 10.6. The maximum absolute atomic E-state index is 9.58. The van der Waals surface area contributed by atoms with Crippen molar-refractivity contribution < 1.29 is 41.5 Å². The molecule has 0 spiro atoms. The van der Waals surface area contributed by atoms with Crippen molar-refractivity contribution in [2.45, 2.75) is 118 Å². The van der Waals surface area contributed by atoms with Crippen LogP contribution >= 0.6 is 0 Å². The van der Waals surface area contributed by atoms with E-state index in [1.165, 1.54) is 0 Å². The van der Waals surface area contributed by atoms with Gasteiger partial charge in [0.25, 0.3) is 0 Å². The Balaban J connectivity index is -0.0000000739. The second-order valence-electron chi connectivity index (χ2n) is 6.76. The van der Waals surface area contributed by atoms with Crippen molar-refractivity contribution in [2.75, 3.05) is 0 Å². The van der Waals surface area contributed by atoms with Crippen LogP contribution in [0.2, 0.25) is 36.3 Å². The zero-order valence-corrected chi connectivity index (χ0v) is 22.2. The molecule has 25 heavy (non-hydrogen) atoms. The Hall–Kier alpha value is 0.988. The topological polar surface area (TPSA) is 80.9 Å². The number of hydrogen-bond donors (Lipinski definition) is 4. The predicted octanol–water partition coefficient (Wildman–Crippen LogP) is 4.74. The van der Waals surface area contributed by atoms with Crippen LogP contribution in [-0.2, 0) is 21.7 Å². The van der Waals surface area contributed by atoms with E-state index >= 15 is 0 Å². The van der Waals surface area contributed by atoms with E-state index in [4.69, 9.17) is 10.2 Å². The average molecular weight is 433 g/mol. The molecule has 0 unspecified atom stereocenters. The van der Waals surface area contributed by atoms with Crippen LogP contribution in [0.1, 0.15) is 69.2 Å². The third kappa shape index (κ3) is 36.6. The monoisotopic (exact) mass is 432 g/mol. The van der Waals surface area contributed by atoms with E-state index < -0.39 is 16.6 Å². The van der Waals surface area contributed by atoms with Crippen molar-refractivity contribution in [3.05, 3.63) is 0 Å². The fourth-order valence-electron chi connectivity index (χ4n) is 1.50. The molecule has 0 saturated carbocycles. The molecule has 0 radical (unpaired) electrons. The second-order valence-corrected chi connectivity index (χ2v) is 15.9. The zero-order valence-electron chi connectivity index (χ0n) is 18.7. The third-order valence-corrected chi connectivity index (χ3v) is 11.8. The van der Waals surface area contributed by atoms with Gasteiger partial charge in [-0.05, 0) is 64.0 Å². The fraction of sp³-hybridized carbons (Fsp3) is 1.00. The summed E-state index contributed by atoms with van der Waals surface area (Å²) in [7, 11) is -3.34. The summed E-state index contributed by atoms with van der Waals surface area (Å²) >= 11 is 0. The molecule has 0 fully saturated rings. The van der Waals surface area contributed by atoms with Crippen LogP contribution in [0.4, 0.5) is 0 Å². The van der Waals surface area contributed by atoms with Crippen molar-refractivity contribution in [3.8, 4) is 0 Å². The standard InChI is InChI=1S/2C6H16OSi.2C3H8O.Ti/c2*1-4-8(7,5-2)6-3;2*1-3(2)4;/h2*7H,4-6H2,1-3H3;2*3-4H,1-2H3;. The molecule has 0 bridgehead atoms. The average Bonchev–Trinajstić information content (AvgIpc) is 2.53. The van der Waals surface area contributed by atoms with Gasteiger partial charge in [-0.2, -0.15) is 0 Å². The molecule has 156 valence electrons. The van der Waals surface area contributed by atoms with E-state index in [2.05, 4.69) is 41.5 Å². The minimum atomic E-state index is -1.67. The Morgan fingerprint density at radius 2 is 0.600 bits per heavy atom. The van der Waals surface area contributed by atoms with Gasteiger partial charge in [0.05, 0.1) is 0 Å². The maximum atomic E-state index is 9.58. The quantitative estimate of drug-likeness (QED) is 0.457. The SMILES string of the molecule is CC(C)O.CC(C)O.CC[Si](O)(CC)CC.CC[Si](O)(CC)CC.[Ti]. The fourth-order valence-corrected chi connectivity index (χ4v) is 4.50. The first kappa shape index (κ1) is 36.8. The predicted molar refractivity (Wildman–Crippen MR) is 114 cm³/mol. The number of hydrogen-bond acceptors (Lipinski definition) is 4. The molecule has 4 nitrogen and oxygen atoms in total. The van der Waals surface area contributed by atoms with Gasteiger partial charge in [-0.25, -0.2) is 0 Å². The molecule has 0 saturated heterocycles. The van der Waals surface area contributed by atoms with Crippen LogP contribution in [0.3, 0.4) is 0 Å². The van der Waals surface area contributed by atoms with Gasteiger partial charge in [-0.15, -0.1) is 0 Å². The summed E-state index contributed by atoms with van der Waals surface area (Å²) in [4.78, 5) is 19.2. The summed E-state index contributed by atoms with van der Waals surface area (Å²) in [5.74, 6) is 0. The van der Waals surface area contributed by atoms with E-state index in [-0.39, 0.29) is 33.9 Å². The summed E-state index contributed by atoms with van der Waals surface area (Å²) in [6, 6.07) is 6.08. The number of aliphatic hydroxyl groups excluding tert-OH is 2. The molecule has 0 aromatic heterocycles. The molecular weight excluding hydrogens is 384 g/mol. The molecule has 0 heterocycles. The first-order chi connectivity index (χ1) is 10.8. The largest absolute Gasteiger partial charge is 0.432 e. The van der Waals surface area contributed by atoms with E-state index in [0.29, 0.717) is 0 Å². The molecule has 0 aromatic rings. The molecular formula is C18H48O4Si2Ti. The summed E-state index contributed by atoms with van der Waals surface area (Å²) < 4.78 is 0. The van der Waals surface area contributed by atoms with Gasteiger partial charge in [0, 0.05) is 33.9 Å². The van der Waals surface area contributed by atoms with Gasteiger partial charge in [0.2, 0.25) is 0 Å². The van der Waals surface area contributed by atoms with Crippen LogP contribution in [0, 0.1) is 0 Å². The van der Waals surface area contributed by atoms with Crippen molar-refractivity contribution >= 4 is 16.6 Å². The Kier molecular flexibility index (Phi) is 33.9. The van der Waals surface area contributed by atoms with E-state index in [0.717, 1.165) is 36.3 Å². The summed E-state index contributed by atoms with van der Waals surface area (Å²) in [6.45, 7) is 19.4. The smallest absolute Gasteiger partial charge is 0.187 e. The van der Waals surface area contributed by atoms with E-state index in [9.17, 15) is 9.59 Å². The van der Waals surface area contributed by atoms with Gasteiger partial charge in [0.15, 0.2) is 16.6 Å². The molecule has 4 N–H and O–H groups in total. The van der Waals surface area contributed by atoms with Crippen molar-refractivity contribution in [1.82, 2.24) is 0 Å². The Morgan fingerprint density at radius 3 is 0.600 bits per heavy atom. The first-order valence-corrected chi connectivity index (χ1v) is 14.8. The molecule has 0 aliphatic carbocycles. The van der Waals surface area contributed by atoms with Crippen molar-refractivity contribution in [1.29, 1.82) is 0 Å². The van der Waals surface area contributed by atoms with Crippen LogP contribution in [0.5, 0.6) is 0 Å². The van der Waals surface area contributed by atoms with Crippen LogP contribution < -0.4 is 0 Å². The van der Waals surface area contributed by atoms with E-state index in [1.54, 1.807) is 27.7 Å². The number of aliphatic hydroxyl groups is 2. The van der Waals surface area contributed by atoms with Crippen LogP contribution in [-0.4, -0.2) is 48.6 Å². The molecule has 0 atom stereocenters. The summed E-state index contributed by atoms with van der Waals surface area (Å²) in [5.41, 5.74) is 0. The van der Waals surface area contributed by atoms with Gasteiger partial charge in [-0.3, -0.25) is 0 Å². The minimum Gasteiger partial charge on any atom is -0.432 e.